The number of nitrogens with two attached hydrogens (primary N) is 1. The highest BCUT2D eigenvalue weighted by atomic mass is 16.3. The lowest BCUT2D eigenvalue weighted by Crippen LogP contribution is -2.40. The molecule has 0 aliphatic rings. The third-order valence-electron chi connectivity index (χ3n) is 2.12. The quantitative estimate of drug-likeness (QED) is 0.699. The molecule has 0 bridgehead atoms. The first-order chi connectivity index (χ1) is 5.65. The van der Waals surface area contributed by atoms with E-state index >= 15 is 0 Å². The summed E-state index contributed by atoms with van der Waals surface area (Å²) < 4.78 is 0. The predicted molar refractivity (Wildman–Crippen MR) is 53.1 cm³/mol. The number of hydrogen-bond donors (Lipinski definition) is 2. The zero-order valence-electron chi connectivity index (χ0n) is 9.05. The van der Waals surface area contributed by atoms with E-state index in [1.54, 1.807) is 0 Å². The summed E-state index contributed by atoms with van der Waals surface area (Å²) in [5, 5.41) is 9.51. The first-order valence-electron chi connectivity index (χ1n) is 4.67. The molecule has 3 heteroatoms. The van der Waals surface area contributed by atoms with Crippen molar-refractivity contribution in [3.8, 4) is 0 Å². The highest BCUT2D eigenvalue weighted by Gasteiger charge is 2.27. The lowest BCUT2D eigenvalue weighted by Gasteiger charge is -2.22. The second-order valence-electron chi connectivity index (χ2n) is 5.05. The molecule has 3 nitrogen and oxygen atoms in total. The molecular formula is C10H21NO2. The van der Waals surface area contributed by atoms with E-state index in [1.165, 1.54) is 6.92 Å². The van der Waals surface area contributed by atoms with Gasteiger partial charge in [0.15, 0.2) is 0 Å². The maximum absolute atomic E-state index is 10.7. The second-order valence-corrected chi connectivity index (χ2v) is 5.05. The van der Waals surface area contributed by atoms with E-state index in [9.17, 15) is 9.90 Å². The van der Waals surface area contributed by atoms with Gasteiger partial charge in [-0.05, 0) is 31.6 Å². The third-order valence-corrected chi connectivity index (χ3v) is 2.12. The Morgan fingerprint density at radius 3 is 2.00 bits per heavy atom. The monoisotopic (exact) mass is 187 g/mol. The van der Waals surface area contributed by atoms with Crippen molar-refractivity contribution in [2.24, 2.45) is 11.1 Å². The zero-order valence-corrected chi connectivity index (χ0v) is 9.05. The van der Waals surface area contributed by atoms with Crippen molar-refractivity contribution in [2.45, 2.75) is 52.6 Å². The van der Waals surface area contributed by atoms with Crippen molar-refractivity contribution in [3.05, 3.63) is 0 Å². The van der Waals surface area contributed by atoms with Gasteiger partial charge in [-0.1, -0.05) is 20.8 Å². The number of hydrogen-bond acceptors (Lipinski definition) is 2. The Balaban J connectivity index is 3.84. The molecule has 0 aromatic heterocycles. The maximum atomic E-state index is 10.7. The lowest BCUT2D eigenvalue weighted by atomic mass is 9.87. The Morgan fingerprint density at radius 1 is 1.23 bits per heavy atom. The van der Waals surface area contributed by atoms with E-state index < -0.39 is 11.5 Å². The highest BCUT2D eigenvalue weighted by Crippen LogP contribution is 2.24. The van der Waals surface area contributed by atoms with Gasteiger partial charge in [0.1, 0.15) is 5.60 Å². The zero-order chi connectivity index (χ0) is 10.7. The van der Waals surface area contributed by atoms with E-state index in [0.29, 0.717) is 6.42 Å². The molecule has 78 valence electrons. The Morgan fingerprint density at radius 2 is 1.69 bits per heavy atom. The van der Waals surface area contributed by atoms with Crippen molar-refractivity contribution in [2.75, 3.05) is 0 Å². The van der Waals surface area contributed by atoms with Crippen LogP contribution in [0.2, 0.25) is 0 Å². The number of primary amides is 1. The maximum Gasteiger partial charge on any atom is 0.249 e. The van der Waals surface area contributed by atoms with Gasteiger partial charge >= 0.3 is 0 Å². The Labute approximate surface area is 80.3 Å². The summed E-state index contributed by atoms with van der Waals surface area (Å²) in [6, 6.07) is 0. The summed E-state index contributed by atoms with van der Waals surface area (Å²) in [7, 11) is 0. The van der Waals surface area contributed by atoms with Gasteiger partial charge in [-0.25, -0.2) is 0 Å². The molecular weight excluding hydrogens is 166 g/mol. The molecule has 3 N–H and O–H groups in total. The molecule has 1 atom stereocenters. The van der Waals surface area contributed by atoms with Crippen LogP contribution in [0.4, 0.5) is 0 Å². The molecule has 0 aliphatic heterocycles. The van der Waals surface area contributed by atoms with Gasteiger partial charge in [0, 0.05) is 0 Å². The minimum atomic E-state index is -1.34. The van der Waals surface area contributed by atoms with Gasteiger partial charge in [-0.3, -0.25) is 4.79 Å². The molecule has 0 rings (SSSR count). The first kappa shape index (κ1) is 12.4. The molecule has 0 spiro atoms. The summed E-state index contributed by atoms with van der Waals surface area (Å²) >= 11 is 0. The molecule has 0 heterocycles. The SMILES string of the molecule is CC(C)(C)CCCC(C)(O)C(N)=O. The normalized spacial score (nSPS) is 16.7. The summed E-state index contributed by atoms with van der Waals surface area (Å²) in [6.07, 6.45) is 2.25. The molecule has 0 saturated heterocycles. The van der Waals surface area contributed by atoms with Gasteiger partial charge in [0.25, 0.3) is 0 Å². The average Bonchev–Trinajstić information content (AvgIpc) is 1.82. The Bertz CT molecular complexity index is 180. The number of carbonyl (C=O) groups excluding carboxylic acids is 1. The minimum Gasteiger partial charge on any atom is -0.380 e. The van der Waals surface area contributed by atoms with Crippen molar-refractivity contribution in [3.63, 3.8) is 0 Å². The molecule has 0 fully saturated rings. The van der Waals surface area contributed by atoms with Crippen LogP contribution in [0, 0.1) is 5.41 Å². The average molecular weight is 187 g/mol. The summed E-state index contributed by atoms with van der Waals surface area (Å²) in [5.74, 6) is -0.638. The van der Waals surface area contributed by atoms with Crippen molar-refractivity contribution >= 4 is 5.91 Å². The molecule has 1 amide bonds. The molecule has 0 aliphatic carbocycles. The van der Waals surface area contributed by atoms with Crippen LogP contribution in [0.5, 0.6) is 0 Å². The molecule has 0 aromatic rings. The predicted octanol–water partition coefficient (Wildman–Crippen LogP) is 1.44. The highest BCUT2D eigenvalue weighted by molar-refractivity contribution is 5.82. The van der Waals surface area contributed by atoms with Gasteiger partial charge in [-0.2, -0.15) is 0 Å². The van der Waals surface area contributed by atoms with E-state index in [1.807, 2.05) is 0 Å². The van der Waals surface area contributed by atoms with E-state index in [-0.39, 0.29) is 5.41 Å². The molecule has 1 unspecified atom stereocenters. The second kappa shape index (κ2) is 4.09. The lowest BCUT2D eigenvalue weighted by molar-refractivity contribution is -0.135. The summed E-state index contributed by atoms with van der Waals surface area (Å²) in [5.41, 5.74) is 3.93. The number of carbonyl (C=O) groups is 1. The first-order valence-corrected chi connectivity index (χ1v) is 4.67. The van der Waals surface area contributed by atoms with Crippen LogP contribution in [0.3, 0.4) is 0 Å². The van der Waals surface area contributed by atoms with Crippen molar-refractivity contribution in [1.29, 1.82) is 0 Å². The van der Waals surface area contributed by atoms with E-state index in [4.69, 9.17) is 5.73 Å². The fraction of sp³-hybridized carbons (Fsp3) is 0.900. The number of aliphatic hydroxyl groups is 1. The molecule has 0 aromatic carbocycles. The van der Waals surface area contributed by atoms with Crippen LogP contribution < -0.4 is 5.73 Å². The van der Waals surface area contributed by atoms with Crippen molar-refractivity contribution < 1.29 is 9.90 Å². The fourth-order valence-corrected chi connectivity index (χ4v) is 1.09. The topological polar surface area (TPSA) is 63.3 Å². The standard InChI is InChI=1S/C10H21NO2/c1-9(2,3)6-5-7-10(4,13)8(11)12/h13H,5-7H2,1-4H3,(H2,11,12). The van der Waals surface area contributed by atoms with E-state index in [2.05, 4.69) is 20.8 Å². The summed E-state index contributed by atoms with van der Waals surface area (Å²) in [6.45, 7) is 7.86. The van der Waals surface area contributed by atoms with E-state index in [0.717, 1.165) is 12.8 Å². The van der Waals surface area contributed by atoms with Gasteiger partial charge < -0.3 is 10.8 Å². The largest absolute Gasteiger partial charge is 0.380 e. The summed E-state index contributed by atoms with van der Waals surface area (Å²) in [4.78, 5) is 10.7. The van der Waals surface area contributed by atoms with Crippen LogP contribution in [0.1, 0.15) is 47.0 Å². The van der Waals surface area contributed by atoms with Crippen LogP contribution in [0.15, 0.2) is 0 Å². The van der Waals surface area contributed by atoms with Gasteiger partial charge in [-0.15, -0.1) is 0 Å². The van der Waals surface area contributed by atoms with Gasteiger partial charge in [0.2, 0.25) is 5.91 Å². The Kier molecular flexibility index (Phi) is 3.91. The third kappa shape index (κ3) is 5.64. The molecule has 0 saturated carbocycles. The minimum absolute atomic E-state index is 0.244. The van der Waals surface area contributed by atoms with Crippen molar-refractivity contribution in [1.82, 2.24) is 0 Å². The molecule has 0 radical (unpaired) electrons. The van der Waals surface area contributed by atoms with Crippen LogP contribution >= 0.6 is 0 Å². The fourth-order valence-electron chi connectivity index (χ4n) is 1.09. The van der Waals surface area contributed by atoms with Crippen LogP contribution in [-0.4, -0.2) is 16.6 Å². The van der Waals surface area contributed by atoms with Crippen LogP contribution in [0.25, 0.3) is 0 Å². The number of amides is 1. The number of rotatable bonds is 4. The Hall–Kier alpha value is -0.570. The van der Waals surface area contributed by atoms with Gasteiger partial charge in [0.05, 0.1) is 0 Å². The molecule has 13 heavy (non-hydrogen) atoms. The smallest absolute Gasteiger partial charge is 0.249 e. The van der Waals surface area contributed by atoms with Crippen LogP contribution in [-0.2, 0) is 4.79 Å².